The van der Waals surface area contributed by atoms with Crippen LogP contribution in [-0.2, 0) is 36.1 Å². The molecule has 0 bridgehead atoms. The first-order valence-corrected chi connectivity index (χ1v) is 13.5. The van der Waals surface area contributed by atoms with Gasteiger partial charge < -0.3 is 9.32 Å². The minimum absolute atomic E-state index is 0.276. The average molecular weight is 507 g/mol. The second-order valence-electron chi connectivity index (χ2n) is 8.92. The van der Waals surface area contributed by atoms with Crippen molar-refractivity contribution in [1.29, 1.82) is 0 Å². The monoisotopic (exact) mass is 506 g/mol. The number of sulfonamides is 1. The number of likely N-dealkylation sites (N-methyl/N-ethyl adjacent to an activating group) is 1. The highest BCUT2D eigenvalue weighted by Gasteiger charge is 2.24. The standard InChI is InChI=1S/C28H27ClN2O3S/c1-30-16-14-23-25(29)12-13-27-28(23)24(20-30)26(34-27)15-17-35(32,33)31(18-21-8-4-2-5-9-21)19-22-10-6-3-7-11-22/h2-13,15,17H,14,16,18-20H2,1H3. The topological polar surface area (TPSA) is 53.8 Å². The maximum Gasteiger partial charge on any atom is 0.236 e. The number of hydrogen-bond donors (Lipinski definition) is 0. The van der Waals surface area contributed by atoms with Crippen molar-refractivity contribution in [3.05, 3.63) is 111 Å². The van der Waals surface area contributed by atoms with Crippen LogP contribution < -0.4 is 0 Å². The van der Waals surface area contributed by atoms with Crippen LogP contribution >= 0.6 is 11.6 Å². The molecule has 0 spiro atoms. The Balaban J connectivity index is 1.51. The molecule has 0 unspecified atom stereocenters. The van der Waals surface area contributed by atoms with E-state index < -0.39 is 10.0 Å². The van der Waals surface area contributed by atoms with Crippen LogP contribution in [0, 0.1) is 0 Å². The summed E-state index contributed by atoms with van der Waals surface area (Å²) in [5.41, 5.74) is 4.62. The van der Waals surface area contributed by atoms with Crippen LogP contribution in [0.4, 0.5) is 0 Å². The van der Waals surface area contributed by atoms with Crippen molar-refractivity contribution in [3.63, 3.8) is 0 Å². The lowest BCUT2D eigenvalue weighted by Gasteiger charge is -2.20. The van der Waals surface area contributed by atoms with Crippen LogP contribution in [-0.4, -0.2) is 31.2 Å². The second kappa shape index (κ2) is 9.99. The van der Waals surface area contributed by atoms with E-state index in [4.69, 9.17) is 16.0 Å². The van der Waals surface area contributed by atoms with Crippen molar-refractivity contribution >= 4 is 38.7 Å². The van der Waals surface area contributed by atoms with Gasteiger partial charge in [-0.1, -0.05) is 72.3 Å². The number of hydrogen-bond acceptors (Lipinski definition) is 4. The van der Waals surface area contributed by atoms with Gasteiger partial charge in [-0.05, 0) is 48.4 Å². The van der Waals surface area contributed by atoms with Gasteiger partial charge in [0.05, 0.1) is 0 Å². The highest BCUT2D eigenvalue weighted by molar-refractivity contribution is 7.92. The van der Waals surface area contributed by atoms with E-state index in [1.54, 1.807) is 6.08 Å². The molecule has 0 saturated carbocycles. The van der Waals surface area contributed by atoms with Crippen molar-refractivity contribution in [2.45, 2.75) is 26.1 Å². The Bertz CT molecular complexity index is 1420. The Labute approximate surface area is 211 Å². The van der Waals surface area contributed by atoms with Gasteiger partial charge in [0.15, 0.2) is 0 Å². The van der Waals surface area contributed by atoms with Crippen LogP contribution in [0.5, 0.6) is 0 Å². The molecule has 0 N–H and O–H groups in total. The van der Waals surface area contributed by atoms with E-state index >= 15 is 0 Å². The van der Waals surface area contributed by atoms with Crippen LogP contribution in [0.2, 0.25) is 5.02 Å². The predicted octanol–water partition coefficient (Wildman–Crippen LogP) is 6.08. The average Bonchev–Trinajstić information content (AvgIpc) is 3.09. The maximum absolute atomic E-state index is 13.6. The van der Waals surface area contributed by atoms with E-state index in [1.165, 1.54) is 9.71 Å². The molecule has 0 saturated heterocycles. The molecule has 1 aromatic heterocycles. The molecule has 0 atom stereocenters. The smallest absolute Gasteiger partial charge is 0.236 e. The van der Waals surface area contributed by atoms with Gasteiger partial charge >= 0.3 is 0 Å². The summed E-state index contributed by atoms with van der Waals surface area (Å²) in [6.07, 6.45) is 2.41. The molecule has 180 valence electrons. The van der Waals surface area contributed by atoms with Gasteiger partial charge in [0.1, 0.15) is 11.3 Å². The molecule has 7 heteroatoms. The van der Waals surface area contributed by atoms with Crippen molar-refractivity contribution in [3.8, 4) is 0 Å². The van der Waals surface area contributed by atoms with E-state index in [2.05, 4.69) is 4.90 Å². The van der Waals surface area contributed by atoms with Crippen LogP contribution in [0.3, 0.4) is 0 Å². The number of rotatable bonds is 7. The fraction of sp³-hybridized carbons (Fsp3) is 0.214. The van der Waals surface area contributed by atoms with Crippen LogP contribution in [0.25, 0.3) is 17.0 Å². The fourth-order valence-corrected chi connectivity index (χ4v) is 5.93. The molecule has 5 nitrogen and oxygen atoms in total. The molecule has 1 aliphatic heterocycles. The Morgan fingerprint density at radius 1 is 0.943 bits per heavy atom. The summed E-state index contributed by atoms with van der Waals surface area (Å²) in [7, 11) is -1.70. The second-order valence-corrected chi connectivity index (χ2v) is 11.1. The SMILES string of the molecule is CN1CCc2c(Cl)ccc3oc(C=CS(=O)(=O)N(Cc4ccccc4)Cc4ccccc4)c(c23)C1. The minimum Gasteiger partial charge on any atom is -0.456 e. The Morgan fingerprint density at radius 3 is 2.20 bits per heavy atom. The lowest BCUT2D eigenvalue weighted by atomic mass is 10.0. The third-order valence-electron chi connectivity index (χ3n) is 6.36. The highest BCUT2D eigenvalue weighted by atomic mass is 35.5. The van der Waals surface area contributed by atoms with Gasteiger partial charge in [-0.3, -0.25) is 0 Å². The summed E-state index contributed by atoms with van der Waals surface area (Å²) in [6.45, 7) is 2.09. The molecule has 1 aliphatic rings. The zero-order chi connectivity index (χ0) is 24.4. The summed E-state index contributed by atoms with van der Waals surface area (Å²) in [5, 5.41) is 2.98. The molecule has 3 aromatic carbocycles. The van der Waals surface area contributed by atoms with Crippen LogP contribution in [0.1, 0.15) is 28.0 Å². The van der Waals surface area contributed by atoms with Crippen LogP contribution in [0.15, 0.2) is 82.6 Å². The van der Waals surface area contributed by atoms with Crippen molar-refractivity contribution in [2.75, 3.05) is 13.6 Å². The Morgan fingerprint density at radius 2 is 1.57 bits per heavy atom. The number of halogens is 1. The number of furan rings is 1. The molecular formula is C28H27ClN2O3S. The van der Waals surface area contributed by atoms with E-state index in [1.807, 2.05) is 79.8 Å². The van der Waals surface area contributed by atoms with E-state index in [-0.39, 0.29) is 13.1 Å². The van der Waals surface area contributed by atoms with Crippen molar-refractivity contribution in [2.24, 2.45) is 0 Å². The zero-order valence-electron chi connectivity index (χ0n) is 19.5. The minimum atomic E-state index is -3.75. The van der Waals surface area contributed by atoms with E-state index in [0.29, 0.717) is 12.3 Å². The molecule has 2 heterocycles. The van der Waals surface area contributed by atoms with Crippen molar-refractivity contribution in [1.82, 2.24) is 9.21 Å². The summed E-state index contributed by atoms with van der Waals surface area (Å²) in [6, 6.07) is 23.0. The van der Waals surface area contributed by atoms with Gasteiger partial charge in [0.2, 0.25) is 10.0 Å². The molecule has 0 fully saturated rings. The maximum atomic E-state index is 13.6. The molecule has 4 aromatic rings. The summed E-state index contributed by atoms with van der Waals surface area (Å²) in [4.78, 5) is 2.20. The summed E-state index contributed by atoms with van der Waals surface area (Å²) in [5.74, 6) is 0.556. The first kappa shape index (κ1) is 23.8. The molecule has 5 rings (SSSR count). The molecule has 0 aliphatic carbocycles. The summed E-state index contributed by atoms with van der Waals surface area (Å²) >= 11 is 6.50. The van der Waals surface area contributed by atoms with Crippen molar-refractivity contribution < 1.29 is 12.8 Å². The summed E-state index contributed by atoms with van der Waals surface area (Å²) < 4.78 is 34.7. The zero-order valence-corrected chi connectivity index (χ0v) is 21.1. The first-order valence-electron chi connectivity index (χ1n) is 11.6. The largest absolute Gasteiger partial charge is 0.456 e. The third kappa shape index (κ3) is 5.21. The third-order valence-corrected chi connectivity index (χ3v) is 8.18. The Kier molecular flexibility index (Phi) is 6.80. The van der Waals surface area contributed by atoms with Gasteiger partial charge in [-0.15, -0.1) is 0 Å². The lowest BCUT2D eigenvalue weighted by Crippen LogP contribution is -2.28. The normalized spacial score (nSPS) is 14.7. The number of benzene rings is 3. The van der Waals surface area contributed by atoms with Gasteiger partial charge in [-0.2, -0.15) is 4.31 Å². The lowest BCUT2D eigenvalue weighted by molar-refractivity contribution is 0.334. The number of nitrogens with zero attached hydrogens (tertiary/aromatic N) is 2. The van der Waals surface area contributed by atoms with Gasteiger partial charge in [0.25, 0.3) is 0 Å². The van der Waals surface area contributed by atoms with Gasteiger partial charge in [0, 0.05) is 47.6 Å². The quantitative estimate of drug-likeness (QED) is 0.305. The predicted molar refractivity (Wildman–Crippen MR) is 141 cm³/mol. The molecule has 0 amide bonds. The highest BCUT2D eigenvalue weighted by Crippen LogP contribution is 2.36. The Hall–Kier alpha value is -2.90. The molecule has 0 radical (unpaired) electrons. The fourth-order valence-electron chi connectivity index (χ4n) is 4.55. The van der Waals surface area contributed by atoms with E-state index in [0.717, 1.165) is 51.2 Å². The van der Waals surface area contributed by atoms with Gasteiger partial charge in [-0.25, -0.2) is 8.42 Å². The first-order chi connectivity index (χ1) is 16.9. The molecule has 35 heavy (non-hydrogen) atoms. The molecular weight excluding hydrogens is 480 g/mol. The van der Waals surface area contributed by atoms with E-state index in [9.17, 15) is 8.42 Å².